The van der Waals surface area contributed by atoms with E-state index >= 15 is 0 Å². The van der Waals surface area contributed by atoms with Crippen LogP contribution in [0.5, 0.6) is 34.5 Å². The first-order chi connectivity index (χ1) is 47.7. The number of aliphatic hydroxyl groups is 2. The van der Waals surface area contributed by atoms with Gasteiger partial charge in [-0.1, -0.05) is 74.6 Å². The van der Waals surface area contributed by atoms with E-state index in [1.165, 1.54) is 32.9 Å². The van der Waals surface area contributed by atoms with Gasteiger partial charge in [-0.05, 0) is 117 Å². The van der Waals surface area contributed by atoms with Crippen molar-refractivity contribution in [3.63, 3.8) is 0 Å². The first kappa shape index (κ1) is 79.1. The minimum absolute atomic E-state index is 0.0119. The van der Waals surface area contributed by atoms with Crippen molar-refractivity contribution in [3.8, 4) is 34.5 Å². The Labute approximate surface area is 594 Å². The van der Waals surface area contributed by atoms with Crippen molar-refractivity contribution in [3.05, 3.63) is 96.1 Å². The molecule has 0 saturated carbocycles. The molecule has 10 atom stereocenters. The summed E-state index contributed by atoms with van der Waals surface area (Å²) in [7, 11) is -4.81. The fourth-order valence-electron chi connectivity index (χ4n) is 11.7. The fourth-order valence-corrected chi connectivity index (χ4v) is 15.3. The number of aliphatic hydroxyl groups excluding tert-OH is 2. The van der Waals surface area contributed by atoms with Crippen molar-refractivity contribution >= 4 is 54.8 Å². The fraction of sp³-hybridized carbons (Fsp3) is 0.618. The van der Waals surface area contributed by atoms with Crippen LogP contribution in [0.2, 0.25) is 0 Å². The molecule has 0 spiro atoms. The predicted octanol–water partition coefficient (Wildman–Crippen LogP) is 5.84. The molecule has 31 heteroatoms. The van der Waals surface area contributed by atoms with E-state index in [0.717, 1.165) is 60.1 Å². The summed E-state index contributed by atoms with van der Waals surface area (Å²) in [6, 6.07) is 21.9. The topological polar surface area (TPSA) is 341 Å². The smallest absolute Gasteiger partial charge is 0.407 e. The van der Waals surface area contributed by atoms with Gasteiger partial charge in [0, 0.05) is 70.0 Å². The summed E-state index contributed by atoms with van der Waals surface area (Å²) in [4.78, 5) is 26.4. The first-order valence-corrected chi connectivity index (χ1v) is 38.0. The van der Waals surface area contributed by atoms with Gasteiger partial charge in [0.15, 0.2) is 35.6 Å². The predicted molar refractivity (Wildman–Crippen MR) is 371 cm³/mol. The Morgan fingerprint density at radius 3 is 1.41 bits per heavy atom. The normalized spacial score (nSPS) is 20.9. The largest absolute Gasteiger partial charge is 0.494 e. The van der Waals surface area contributed by atoms with Crippen molar-refractivity contribution < 1.29 is 103 Å². The van der Waals surface area contributed by atoms with Crippen LogP contribution < -0.4 is 50.1 Å². The van der Waals surface area contributed by atoms with Gasteiger partial charge >= 0.3 is 12.2 Å². The van der Waals surface area contributed by atoms with E-state index in [-0.39, 0.29) is 106 Å². The Morgan fingerprint density at radius 2 is 1.01 bits per heavy atom. The maximum Gasteiger partial charge on any atom is 0.407 e. The van der Waals surface area contributed by atoms with Crippen molar-refractivity contribution in [1.29, 1.82) is 0 Å². The van der Waals surface area contributed by atoms with Gasteiger partial charge in [0.2, 0.25) is 33.6 Å². The summed E-state index contributed by atoms with van der Waals surface area (Å²) in [6.07, 6.45) is -2.11. The van der Waals surface area contributed by atoms with Gasteiger partial charge < -0.3 is 98.2 Å². The van der Waals surface area contributed by atoms with Crippen LogP contribution in [0, 0.1) is 23.7 Å². The number of alkyl halides is 1. The molecule has 4 aromatic carbocycles. The minimum atomic E-state index is -4.06. The Morgan fingerprint density at radius 1 is 0.576 bits per heavy atom. The zero-order valence-electron chi connectivity index (χ0n) is 57.2. The Bertz CT molecular complexity index is 3350. The van der Waals surface area contributed by atoms with E-state index in [4.69, 9.17) is 67.3 Å². The number of nitrogens with two attached hydrogens (primary N) is 1. The number of alkyl carbamates (subject to hydrolysis) is 2. The third-order valence-corrected chi connectivity index (χ3v) is 21.2. The van der Waals surface area contributed by atoms with E-state index in [2.05, 4.69) is 43.3 Å². The molecule has 6 aliphatic rings. The van der Waals surface area contributed by atoms with Gasteiger partial charge in [-0.2, -0.15) is 8.61 Å². The van der Waals surface area contributed by atoms with Crippen LogP contribution in [0.15, 0.2) is 94.7 Å². The number of ether oxygens (including phenoxy) is 14. The maximum atomic E-state index is 13.9. The Hall–Kier alpha value is -5.63. The summed E-state index contributed by atoms with van der Waals surface area (Å²) in [6.45, 7) is 13.6. The summed E-state index contributed by atoms with van der Waals surface area (Å²) < 4.78 is 136. The number of carbonyl (C=O) groups excluding carboxylic acids is 2. The molecule has 0 aliphatic carbocycles. The van der Waals surface area contributed by atoms with Crippen LogP contribution in [-0.4, -0.2) is 228 Å². The van der Waals surface area contributed by atoms with Crippen molar-refractivity contribution in [1.82, 2.24) is 24.6 Å². The lowest BCUT2D eigenvalue weighted by Crippen LogP contribution is -2.51. The Balaban J connectivity index is 0.000000237. The summed E-state index contributed by atoms with van der Waals surface area (Å²) >= 11 is 2.30. The van der Waals surface area contributed by atoms with E-state index in [9.17, 15) is 36.6 Å². The van der Waals surface area contributed by atoms with Gasteiger partial charge in [0.05, 0.1) is 98.8 Å². The molecule has 552 valence electrons. The minimum Gasteiger partial charge on any atom is -0.494 e. The number of benzene rings is 4. The second-order valence-electron chi connectivity index (χ2n) is 25.3. The molecule has 2 amide bonds. The highest BCUT2D eigenvalue weighted by Crippen LogP contribution is 2.38. The highest BCUT2D eigenvalue weighted by Gasteiger charge is 2.46. The van der Waals surface area contributed by atoms with Crippen LogP contribution >= 0.6 is 22.6 Å². The van der Waals surface area contributed by atoms with E-state index in [1.54, 1.807) is 26.4 Å². The molecule has 4 saturated heterocycles. The van der Waals surface area contributed by atoms with Crippen molar-refractivity contribution in [2.24, 2.45) is 29.4 Å². The standard InChI is InChI=1S/C34H49N3O11S.C31H41IN2O10S.C3H9NO/c1-23(2)19-37(49(40,41)26-9-10-30-31(18-26)47-22-46-30)20-29(38)28(36-34(39)48-32-21-45-33-27(32)11-15-44-33)17-24-5-7-25(8-6-24)43-14-4-12-35-13-16-42-3;1-20(2)16-34(45(37,38)23-8-9-27-28(15-23)43-19-42-27)17-26(35)25(14-21-4-6-22(7-5-21)39-12-3-11-32)33-31(36)44-29-18-41-30-24(29)10-13-40-30;1-5-3-2-4/h5-10,18,23,27-29,32-33,35,38H,4,11-17,19-22H2,1-3H3,(H,36,39);4-9,15,20,24-26,29-30,35H,3,10-14,16-19H2,1-2H3,(H,33,36);2-4H2,1H3/t27-,28-,29+,32+,33+;24-,25-,26+,29+,30+;/m00./s1. The third-order valence-electron chi connectivity index (χ3n) is 16.8. The van der Waals surface area contributed by atoms with Crippen molar-refractivity contribution in [2.45, 2.75) is 125 Å². The third kappa shape index (κ3) is 23.7. The molecule has 28 nitrogen and oxygen atoms in total. The first-order valence-electron chi connectivity index (χ1n) is 33.6. The molecule has 0 aromatic heterocycles. The highest BCUT2D eigenvalue weighted by molar-refractivity contribution is 14.1. The molecular weight excluding hydrogens is 1440 g/mol. The number of nitrogens with zero attached hydrogens (tertiary/aromatic N) is 2. The number of amides is 2. The van der Waals surface area contributed by atoms with E-state index < -0.39 is 75.0 Å². The van der Waals surface area contributed by atoms with Gasteiger partial charge in [0.1, 0.15) is 23.7 Å². The van der Waals surface area contributed by atoms with Gasteiger partial charge in [-0.15, -0.1) is 0 Å². The summed E-state index contributed by atoms with van der Waals surface area (Å²) in [5.74, 6) is 2.83. The number of halogens is 1. The molecule has 0 unspecified atom stereocenters. The second kappa shape index (κ2) is 39.7. The molecule has 6 aliphatic heterocycles. The van der Waals surface area contributed by atoms with Crippen LogP contribution in [0.1, 0.15) is 64.5 Å². The lowest BCUT2D eigenvalue weighted by Gasteiger charge is -2.31. The summed E-state index contributed by atoms with van der Waals surface area (Å²) in [5, 5.41) is 32.1. The summed E-state index contributed by atoms with van der Waals surface area (Å²) in [5.41, 5.74) is 6.64. The van der Waals surface area contributed by atoms with Crippen molar-refractivity contribution in [2.75, 3.05) is 131 Å². The molecular formula is C68H99IN6O22S2. The maximum absolute atomic E-state index is 13.9. The van der Waals surface area contributed by atoms with Gasteiger partial charge in [-0.25, -0.2) is 26.4 Å². The zero-order chi connectivity index (χ0) is 70.9. The lowest BCUT2D eigenvalue weighted by molar-refractivity contribution is -0.0909. The van der Waals surface area contributed by atoms with E-state index in [1.807, 2.05) is 76.2 Å². The lowest BCUT2D eigenvalue weighted by atomic mass is 10.0. The molecule has 99 heavy (non-hydrogen) atoms. The molecule has 7 N–H and O–H groups in total. The average molecular weight is 1540 g/mol. The van der Waals surface area contributed by atoms with Crippen LogP contribution in [0.25, 0.3) is 0 Å². The molecule has 4 aromatic rings. The Kier molecular flexibility index (Phi) is 31.7. The number of nitrogens with one attached hydrogen (secondary N) is 3. The quantitative estimate of drug-likeness (QED) is 0.0177. The van der Waals surface area contributed by atoms with E-state index in [0.29, 0.717) is 74.9 Å². The molecule has 0 radical (unpaired) electrons. The number of hydrogen-bond donors (Lipinski definition) is 6. The SMILES string of the molecule is CC(C)CN(C[C@@H](O)[C@H](Cc1ccc(OCCCI)cc1)NC(=O)O[C@@H]1CO[C@H]2OCC[C@H]21)S(=O)(=O)c1ccc2c(c1)OCO2.COCCN.COCCNCCCOc1ccc(C[C@H](NC(=O)O[C@@H]2CO[C@H]3OCC[C@H]32)[C@H](O)CN(CC(C)C)S(=O)(=O)c2ccc3c(c2)OCO3)cc1. The molecule has 4 fully saturated rings. The molecule has 0 bridgehead atoms. The number of sulfonamides is 2. The highest BCUT2D eigenvalue weighted by atomic mass is 127. The van der Waals surface area contributed by atoms with Gasteiger partial charge in [0.25, 0.3) is 0 Å². The molecule has 10 rings (SSSR count). The van der Waals surface area contributed by atoms with Crippen LogP contribution in [0.4, 0.5) is 9.59 Å². The monoisotopic (exact) mass is 1540 g/mol. The number of methoxy groups -OCH3 is 2. The number of carbonyl (C=O) groups is 2. The van der Waals surface area contributed by atoms with Gasteiger partial charge in [-0.3, -0.25) is 0 Å². The van der Waals surface area contributed by atoms with Crippen LogP contribution in [0.3, 0.4) is 0 Å². The number of fused-ring (bicyclic) bond motifs is 4. The van der Waals surface area contributed by atoms with Crippen LogP contribution in [-0.2, 0) is 70.8 Å². The number of rotatable bonds is 36. The second-order valence-corrected chi connectivity index (χ2v) is 30.3. The number of hydrogen-bond acceptors (Lipinski definition) is 24. The average Bonchev–Trinajstić information content (AvgIpc) is 1.83. The molecule has 6 heterocycles. The zero-order valence-corrected chi connectivity index (χ0v) is 61.0.